The van der Waals surface area contributed by atoms with E-state index in [0.29, 0.717) is 0 Å². The molecule has 1 aromatic carbocycles. The van der Waals surface area contributed by atoms with Crippen molar-refractivity contribution in [2.24, 2.45) is 0 Å². The number of hydrogen-bond acceptors (Lipinski definition) is 4. The van der Waals surface area contributed by atoms with Gasteiger partial charge in [0.15, 0.2) is 5.13 Å². The summed E-state index contributed by atoms with van der Waals surface area (Å²) < 4.78 is 14.1. The first-order valence-corrected chi connectivity index (χ1v) is 7.65. The molecule has 0 unspecified atom stereocenters. The molecule has 0 bridgehead atoms. The van der Waals surface area contributed by atoms with Crippen LogP contribution in [0.3, 0.4) is 0 Å². The maximum absolute atomic E-state index is 13.1. The molecule has 1 saturated heterocycles. The minimum atomic E-state index is -0.224. The molecule has 0 atom stereocenters. The van der Waals surface area contributed by atoms with E-state index in [0.717, 1.165) is 34.9 Å². The Hall–Kier alpha value is -1.20. The highest BCUT2D eigenvalue weighted by molar-refractivity contribution is 7.22. The molecule has 102 valence electrons. The van der Waals surface area contributed by atoms with Gasteiger partial charge in [-0.3, -0.25) is 0 Å². The standard InChI is InChI=1S/C14H18FN3S/c15-11-4-5-13-12(10-11)17-14(19-13)16-6-3-9-18-7-1-2-8-18/h4-5,10H,1-3,6-9H2,(H,16,17). The number of fused-ring (bicyclic) bond motifs is 1. The van der Waals surface area contributed by atoms with Crippen LogP contribution in [0.15, 0.2) is 18.2 Å². The van der Waals surface area contributed by atoms with Crippen molar-refractivity contribution in [3.05, 3.63) is 24.0 Å². The van der Waals surface area contributed by atoms with Gasteiger partial charge in [0.25, 0.3) is 0 Å². The number of thiazole rings is 1. The van der Waals surface area contributed by atoms with E-state index in [-0.39, 0.29) is 5.82 Å². The van der Waals surface area contributed by atoms with Gasteiger partial charge in [0, 0.05) is 12.6 Å². The topological polar surface area (TPSA) is 28.2 Å². The van der Waals surface area contributed by atoms with Gasteiger partial charge in [-0.1, -0.05) is 11.3 Å². The smallest absolute Gasteiger partial charge is 0.183 e. The maximum atomic E-state index is 13.1. The van der Waals surface area contributed by atoms with E-state index in [1.807, 2.05) is 0 Å². The maximum Gasteiger partial charge on any atom is 0.183 e. The van der Waals surface area contributed by atoms with Crippen molar-refractivity contribution >= 4 is 26.7 Å². The highest BCUT2D eigenvalue weighted by atomic mass is 32.1. The molecule has 0 saturated carbocycles. The number of anilines is 1. The minimum Gasteiger partial charge on any atom is -0.361 e. The van der Waals surface area contributed by atoms with Crippen LogP contribution >= 0.6 is 11.3 Å². The van der Waals surface area contributed by atoms with Gasteiger partial charge in [-0.05, 0) is 51.0 Å². The molecule has 1 aromatic heterocycles. The van der Waals surface area contributed by atoms with Gasteiger partial charge in [-0.2, -0.15) is 0 Å². The molecule has 1 fully saturated rings. The van der Waals surface area contributed by atoms with Gasteiger partial charge >= 0.3 is 0 Å². The van der Waals surface area contributed by atoms with Gasteiger partial charge in [0.2, 0.25) is 0 Å². The zero-order valence-electron chi connectivity index (χ0n) is 10.9. The third-order valence-electron chi connectivity index (χ3n) is 3.48. The average molecular weight is 279 g/mol. The van der Waals surface area contributed by atoms with Crippen LogP contribution in [0, 0.1) is 5.82 Å². The van der Waals surface area contributed by atoms with Crippen LogP contribution in [-0.4, -0.2) is 36.1 Å². The molecule has 3 rings (SSSR count). The predicted molar refractivity (Wildman–Crippen MR) is 78.4 cm³/mol. The average Bonchev–Trinajstić information content (AvgIpc) is 3.02. The van der Waals surface area contributed by atoms with Gasteiger partial charge < -0.3 is 10.2 Å². The first-order chi connectivity index (χ1) is 9.31. The molecule has 0 spiro atoms. The van der Waals surface area contributed by atoms with Crippen LogP contribution in [0.5, 0.6) is 0 Å². The summed E-state index contributed by atoms with van der Waals surface area (Å²) in [6, 6.07) is 4.76. The molecule has 1 N–H and O–H groups in total. The van der Waals surface area contributed by atoms with E-state index in [4.69, 9.17) is 0 Å². The lowest BCUT2D eigenvalue weighted by atomic mass is 10.3. The molecule has 2 aromatic rings. The minimum absolute atomic E-state index is 0.224. The summed E-state index contributed by atoms with van der Waals surface area (Å²) in [4.78, 5) is 6.91. The number of aromatic nitrogens is 1. The highest BCUT2D eigenvalue weighted by Crippen LogP contribution is 2.26. The van der Waals surface area contributed by atoms with Crippen molar-refractivity contribution in [2.75, 3.05) is 31.5 Å². The number of hydrogen-bond donors (Lipinski definition) is 1. The van der Waals surface area contributed by atoms with E-state index >= 15 is 0 Å². The third-order valence-corrected chi connectivity index (χ3v) is 4.47. The first kappa shape index (κ1) is 12.8. The predicted octanol–water partition coefficient (Wildman–Crippen LogP) is 3.33. The van der Waals surface area contributed by atoms with Gasteiger partial charge in [0.05, 0.1) is 10.2 Å². The number of nitrogens with zero attached hydrogens (tertiary/aromatic N) is 2. The summed E-state index contributed by atoms with van der Waals surface area (Å²) in [6.07, 6.45) is 3.82. The quantitative estimate of drug-likeness (QED) is 0.851. The van der Waals surface area contributed by atoms with Gasteiger partial charge in [-0.25, -0.2) is 9.37 Å². The summed E-state index contributed by atoms with van der Waals surface area (Å²) in [7, 11) is 0. The highest BCUT2D eigenvalue weighted by Gasteiger charge is 2.10. The van der Waals surface area contributed by atoms with Crippen LogP contribution in [0.25, 0.3) is 10.2 Å². The number of nitrogens with one attached hydrogen (secondary N) is 1. The number of benzene rings is 1. The number of likely N-dealkylation sites (tertiary alicyclic amines) is 1. The molecule has 5 heteroatoms. The van der Waals surface area contributed by atoms with Crippen LogP contribution in [0.4, 0.5) is 9.52 Å². The van der Waals surface area contributed by atoms with Crippen molar-refractivity contribution in [1.82, 2.24) is 9.88 Å². The largest absolute Gasteiger partial charge is 0.361 e. The van der Waals surface area contributed by atoms with Crippen LogP contribution in [0.2, 0.25) is 0 Å². The lowest BCUT2D eigenvalue weighted by Gasteiger charge is -2.13. The molecule has 0 radical (unpaired) electrons. The second-order valence-corrected chi connectivity index (χ2v) is 5.99. The number of halogens is 1. The Balaban J connectivity index is 1.50. The molecule has 1 aliphatic rings. The Bertz CT molecular complexity index is 549. The molecule has 19 heavy (non-hydrogen) atoms. The van der Waals surface area contributed by atoms with Crippen LogP contribution in [-0.2, 0) is 0 Å². The van der Waals surface area contributed by atoms with Crippen LogP contribution < -0.4 is 5.32 Å². The molecular formula is C14H18FN3S. The Labute approximate surface area is 116 Å². The monoisotopic (exact) mass is 279 g/mol. The summed E-state index contributed by atoms with van der Waals surface area (Å²) in [5, 5.41) is 4.23. The van der Waals surface area contributed by atoms with E-state index in [9.17, 15) is 4.39 Å². The van der Waals surface area contributed by atoms with Gasteiger partial charge in [0.1, 0.15) is 5.82 Å². The van der Waals surface area contributed by atoms with E-state index in [2.05, 4.69) is 15.2 Å². The lowest BCUT2D eigenvalue weighted by Crippen LogP contribution is -2.22. The van der Waals surface area contributed by atoms with Crippen LogP contribution in [0.1, 0.15) is 19.3 Å². The zero-order valence-corrected chi connectivity index (χ0v) is 11.7. The molecule has 3 nitrogen and oxygen atoms in total. The molecule has 1 aliphatic heterocycles. The van der Waals surface area contributed by atoms with Crippen molar-refractivity contribution < 1.29 is 4.39 Å². The fourth-order valence-electron chi connectivity index (χ4n) is 2.48. The molecule has 0 aliphatic carbocycles. The van der Waals surface area contributed by atoms with Crippen molar-refractivity contribution in [3.63, 3.8) is 0 Å². The number of rotatable bonds is 5. The summed E-state index contributed by atoms with van der Waals surface area (Å²) in [5.41, 5.74) is 0.743. The summed E-state index contributed by atoms with van der Waals surface area (Å²) in [6.45, 7) is 4.59. The lowest BCUT2D eigenvalue weighted by molar-refractivity contribution is 0.337. The van der Waals surface area contributed by atoms with Crippen molar-refractivity contribution in [1.29, 1.82) is 0 Å². The zero-order chi connectivity index (χ0) is 13.1. The second-order valence-electron chi connectivity index (χ2n) is 4.96. The van der Waals surface area contributed by atoms with E-state index in [1.165, 1.54) is 38.1 Å². The Morgan fingerprint density at radius 2 is 2.16 bits per heavy atom. The van der Waals surface area contributed by atoms with Gasteiger partial charge in [-0.15, -0.1) is 0 Å². The normalized spacial score (nSPS) is 16.3. The van der Waals surface area contributed by atoms with E-state index < -0.39 is 0 Å². The summed E-state index contributed by atoms with van der Waals surface area (Å²) >= 11 is 1.59. The fraction of sp³-hybridized carbons (Fsp3) is 0.500. The third kappa shape index (κ3) is 3.22. The molecule has 2 heterocycles. The second kappa shape index (κ2) is 5.84. The Morgan fingerprint density at radius 1 is 1.32 bits per heavy atom. The first-order valence-electron chi connectivity index (χ1n) is 6.83. The van der Waals surface area contributed by atoms with E-state index in [1.54, 1.807) is 17.4 Å². The van der Waals surface area contributed by atoms with Crippen molar-refractivity contribution in [3.8, 4) is 0 Å². The van der Waals surface area contributed by atoms with Crippen molar-refractivity contribution in [2.45, 2.75) is 19.3 Å². The summed E-state index contributed by atoms with van der Waals surface area (Å²) in [5.74, 6) is -0.224. The molecule has 0 amide bonds. The Morgan fingerprint density at radius 3 is 3.00 bits per heavy atom. The molecular weight excluding hydrogens is 261 g/mol. The SMILES string of the molecule is Fc1ccc2sc(NCCCN3CCCC3)nc2c1. The Kier molecular flexibility index (Phi) is 3.94. The fourth-order valence-corrected chi connectivity index (χ4v) is 3.35.